The molecule has 0 aliphatic heterocycles. The molecule has 0 radical (unpaired) electrons. The number of nitrogens with one attached hydrogen (secondary N) is 1. The Hall–Kier alpha value is -4.35. The molecule has 1 atom stereocenters. The van der Waals surface area contributed by atoms with Crippen LogP contribution in [0.4, 0.5) is 18.9 Å². The smallest absolute Gasteiger partial charge is 0.354 e. The van der Waals surface area contributed by atoms with E-state index < -0.39 is 56.9 Å². The molecule has 0 heterocycles. The number of carbonyl (C=O) groups is 2. The van der Waals surface area contributed by atoms with Gasteiger partial charge in [-0.3, -0.25) is 13.9 Å². The Bertz CT molecular complexity index is 1760. The maximum Gasteiger partial charge on any atom is 0.417 e. The highest BCUT2D eigenvalue weighted by Crippen LogP contribution is 2.38. The van der Waals surface area contributed by atoms with Gasteiger partial charge in [-0.05, 0) is 47.4 Å². The van der Waals surface area contributed by atoms with Crippen molar-refractivity contribution >= 4 is 39.1 Å². The molecule has 0 aliphatic carbocycles. The number of sulfonamides is 1. The first kappa shape index (κ1) is 35.5. The highest BCUT2D eigenvalue weighted by molar-refractivity contribution is 7.92. The second kappa shape index (κ2) is 15.5. The van der Waals surface area contributed by atoms with E-state index in [1.807, 2.05) is 32.0 Å². The van der Waals surface area contributed by atoms with Crippen molar-refractivity contribution in [1.29, 1.82) is 0 Å². The fourth-order valence-corrected chi connectivity index (χ4v) is 6.54. The van der Waals surface area contributed by atoms with Crippen LogP contribution in [0.25, 0.3) is 0 Å². The number of hydrogen-bond donors (Lipinski definition) is 1. The molecule has 0 unspecified atom stereocenters. The first-order valence-corrected chi connectivity index (χ1v) is 16.7. The van der Waals surface area contributed by atoms with Crippen LogP contribution in [0, 0.1) is 5.92 Å². The Kier molecular flexibility index (Phi) is 11.7. The fraction of sp³-hybridized carbons (Fsp3) is 0.257. The lowest BCUT2D eigenvalue weighted by Gasteiger charge is -2.34. The Morgan fingerprint density at radius 1 is 0.830 bits per heavy atom. The fourth-order valence-electron chi connectivity index (χ4n) is 4.89. The van der Waals surface area contributed by atoms with Crippen LogP contribution in [-0.4, -0.2) is 44.3 Å². The van der Waals surface area contributed by atoms with E-state index in [2.05, 4.69) is 5.32 Å². The summed E-state index contributed by atoms with van der Waals surface area (Å²) in [4.78, 5) is 29.3. The van der Waals surface area contributed by atoms with Crippen molar-refractivity contribution in [1.82, 2.24) is 10.2 Å². The van der Waals surface area contributed by atoms with Gasteiger partial charge in [0.1, 0.15) is 12.6 Å². The Morgan fingerprint density at radius 2 is 1.38 bits per heavy atom. The number of alkyl halides is 3. The van der Waals surface area contributed by atoms with Crippen LogP contribution in [0.15, 0.2) is 114 Å². The number of hydrogen-bond acceptors (Lipinski definition) is 4. The molecule has 47 heavy (non-hydrogen) atoms. The van der Waals surface area contributed by atoms with Crippen LogP contribution < -0.4 is 9.62 Å². The topological polar surface area (TPSA) is 86.8 Å². The van der Waals surface area contributed by atoms with Gasteiger partial charge >= 0.3 is 6.18 Å². The summed E-state index contributed by atoms with van der Waals surface area (Å²) in [6.07, 6.45) is -4.79. The highest BCUT2D eigenvalue weighted by Gasteiger charge is 2.37. The van der Waals surface area contributed by atoms with Crippen molar-refractivity contribution in [2.75, 3.05) is 17.4 Å². The minimum absolute atomic E-state index is 0.0695. The molecular formula is C35H35ClF3N3O4S. The summed E-state index contributed by atoms with van der Waals surface area (Å²) in [6, 6.07) is 26.6. The van der Waals surface area contributed by atoms with Crippen molar-refractivity contribution in [2.45, 2.75) is 43.9 Å². The zero-order chi connectivity index (χ0) is 34.2. The van der Waals surface area contributed by atoms with E-state index in [9.17, 15) is 31.2 Å². The summed E-state index contributed by atoms with van der Waals surface area (Å²) >= 11 is 5.86. The van der Waals surface area contributed by atoms with Gasteiger partial charge in [0.25, 0.3) is 10.0 Å². The van der Waals surface area contributed by atoms with Crippen LogP contribution in [0.2, 0.25) is 5.02 Å². The molecule has 0 saturated heterocycles. The minimum Gasteiger partial charge on any atom is -0.354 e. The van der Waals surface area contributed by atoms with E-state index in [-0.39, 0.29) is 23.8 Å². The molecule has 0 aromatic heterocycles. The van der Waals surface area contributed by atoms with Crippen LogP contribution >= 0.6 is 11.6 Å². The molecule has 0 aliphatic rings. The summed E-state index contributed by atoms with van der Waals surface area (Å²) in [5.41, 5.74) is -0.251. The quantitative estimate of drug-likeness (QED) is 0.165. The summed E-state index contributed by atoms with van der Waals surface area (Å²) in [5.74, 6) is -1.14. The van der Waals surface area contributed by atoms with Crippen molar-refractivity contribution in [3.8, 4) is 0 Å². The van der Waals surface area contributed by atoms with Gasteiger partial charge in [0.05, 0.1) is 21.2 Å². The van der Waals surface area contributed by atoms with Crippen molar-refractivity contribution in [3.63, 3.8) is 0 Å². The second-order valence-electron chi connectivity index (χ2n) is 11.3. The lowest BCUT2D eigenvalue weighted by atomic mass is 10.0. The monoisotopic (exact) mass is 685 g/mol. The zero-order valence-corrected chi connectivity index (χ0v) is 27.4. The minimum atomic E-state index is -4.89. The molecule has 12 heteroatoms. The summed E-state index contributed by atoms with van der Waals surface area (Å²) < 4.78 is 70.4. The lowest BCUT2D eigenvalue weighted by molar-refractivity contribution is -0.140. The first-order chi connectivity index (χ1) is 22.3. The van der Waals surface area contributed by atoms with Gasteiger partial charge in [-0.2, -0.15) is 13.2 Å². The number of carbonyl (C=O) groups excluding carboxylic acids is 2. The third-order valence-electron chi connectivity index (χ3n) is 7.30. The van der Waals surface area contributed by atoms with Crippen LogP contribution in [0.1, 0.15) is 30.5 Å². The number of rotatable bonds is 13. The van der Waals surface area contributed by atoms with E-state index >= 15 is 0 Å². The van der Waals surface area contributed by atoms with Gasteiger partial charge < -0.3 is 10.2 Å². The largest absolute Gasteiger partial charge is 0.417 e. The molecular weight excluding hydrogens is 651 g/mol. The average Bonchev–Trinajstić information content (AvgIpc) is 3.05. The molecule has 4 aromatic rings. The van der Waals surface area contributed by atoms with Crippen LogP contribution in [-0.2, 0) is 38.8 Å². The molecule has 4 rings (SSSR count). The molecule has 7 nitrogen and oxygen atoms in total. The van der Waals surface area contributed by atoms with Crippen molar-refractivity contribution in [3.05, 3.63) is 131 Å². The van der Waals surface area contributed by atoms with Crippen molar-refractivity contribution in [2.24, 2.45) is 5.92 Å². The Morgan fingerprint density at radius 3 is 1.94 bits per heavy atom. The van der Waals surface area contributed by atoms with E-state index in [0.717, 1.165) is 17.7 Å². The molecule has 248 valence electrons. The van der Waals surface area contributed by atoms with Gasteiger partial charge in [-0.15, -0.1) is 0 Å². The number of anilines is 1. The summed E-state index contributed by atoms with van der Waals surface area (Å²) in [6.45, 7) is 3.21. The lowest BCUT2D eigenvalue weighted by Crippen LogP contribution is -2.53. The van der Waals surface area contributed by atoms with Crippen LogP contribution in [0.5, 0.6) is 0 Å². The Labute approximate surface area is 278 Å². The van der Waals surface area contributed by atoms with Gasteiger partial charge in [0, 0.05) is 19.5 Å². The Balaban J connectivity index is 1.84. The third-order valence-corrected chi connectivity index (χ3v) is 9.42. The normalized spacial score (nSPS) is 12.4. The number of amides is 2. The van der Waals surface area contributed by atoms with E-state index in [1.165, 1.54) is 29.2 Å². The molecule has 0 fully saturated rings. The standard InChI is InChI=1S/C35H35ClF3N3O4S/c1-25(2)22-40-34(44)32(20-26-12-6-3-7-13-26)41(23-27-14-8-4-9-15-27)33(43)24-42(47(45,46)29-16-10-5-11-17-29)28-18-19-31(36)30(21-28)35(37,38)39/h3-19,21,25,32H,20,22-24H2,1-2H3,(H,40,44)/t32-/m1/s1. The third kappa shape index (κ3) is 9.36. The number of benzene rings is 4. The van der Waals surface area contributed by atoms with Crippen LogP contribution in [0.3, 0.4) is 0 Å². The zero-order valence-electron chi connectivity index (χ0n) is 25.8. The molecule has 0 saturated carbocycles. The molecule has 1 N–H and O–H groups in total. The average molecular weight is 686 g/mol. The first-order valence-electron chi connectivity index (χ1n) is 14.9. The SMILES string of the molecule is CC(C)CNC(=O)[C@@H](Cc1ccccc1)N(Cc1ccccc1)C(=O)CN(c1ccc(Cl)c(C(F)(F)F)c1)S(=O)(=O)c1ccccc1. The maximum absolute atomic E-state index is 14.4. The maximum atomic E-state index is 14.4. The predicted molar refractivity (Wildman–Crippen MR) is 176 cm³/mol. The highest BCUT2D eigenvalue weighted by atomic mass is 35.5. The summed E-state index contributed by atoms with van der Waals surface area (Å²) in [5, 5.41) is 2.27. The molecule has 0 bridgehead atoms. The van der Waals surface area contributed by atoms with E-state index in [1.54, 1.807) is 48.5 Å². The molecule has 0 spiro atoms. The van der Waals surface area contributed by atoms with Gasteiger partial charge in [0.15, 0.2) is 0 Å². The predicted octanol–water partition coefficient (Wildman–Crippen LogP) is 6.97. The van der Waals surface area contributed by atoms with Crippen molar-refractivity contribution < 1.29 is 31.2 Å². The van der Waals surface area contributed by atoms with E-state index in [0.29, 0.717) is 22.5 Å². The van der Waals surface area contributed by atoms with Gasteiger partial charge in [-0.1, -0.05) is 104 Å². The second-order valence-corrected chi connectivity index (χ2v) is 13.6. The number of halogens is 4. The molecule has 4 aromatic carbocycles. The number of nitrogens with zero attached hydrogens (tertiary/aromatic N) is 2. The van der Waals surface area contributed by atoms with E-state index in [4.69, 9.17) is 11.6 Å². The summed E-state index contributed by atoms with van der Waals surface area (Å²) in [7, 11) is -4.58. The van der Waals surface area contributed by atoms with Gasteiger partial charge in [0.2, 0.25) is 11.8 Å². The van der Waals surface area contributed by atoms with Gasteiger partial charge in [-0.25, -0.2) is 8.42 Å². The molecule has 2 amide bonds.